The first-order valence-electron chi connectivity index (χ1n) is 14.3. The van der Waals surface area contributed by atoms with Crippen LogP contribution in [0.5, 0.6) is 0 Å². The maximum atomic E-state index is 9.13. The number of nitrogens with zero attached hydrogens (tertiary/aromatic N) is 3. The Morgan fingerprint density at radius 3 is 2.19 bits per heavy atom. The van der Waals surface area contributed by atoms with E-state index in [-0.39, 0.29) is 0 Å². The number of hydrogen-bond acceptors (Lipinski definition) is 2. The van der Waals surface area contributed by atoms with Gasteiger partial charge in [-0.3, -0.25) is 0 Å². The van der Waals surface area contributed by atoms with Gasteiger partial charge in [0.1, 0.15) is 19.8 Å². The number of nitriles is 1. The lowest BCUT2D eigenvalue weighted by molar-refractivity contribution is 1.18. The summed E-state index contributed by atoms with van der Waals surface area (Å²) in [7, 11) is -1.90. The molecule has 42 heavy (non-hydrogen) atoms. The second kappa shape index (κ2) is 9.14. The summed E-state index contributed by atoms with van der Waals surface area (Å²) >= 11 is 0. The van der Waals surface area contributed by atoms with E-state index >= 15 is 0 Å². The highest BCUT2D eigenvalue weighted by Crippen LogP contribution is 2.38. The molecule has 0 radical (unpaired) electrons. The smallest absolute Gasteiger partial charge is 0.140 e. The molecule has 5 aromatic carbocycles. The third-order valence-corrected chi connectivity index (χ3v) is 12.4. The molecule has 0 fully saturated rings. The van der Waals surface area contributed by atoms with E-state index in [0.717, 1.165) is 27.9 Å². The Labute approximate surface area is 246 Å². The largest absolute Gasteiger partial charge is 0.309 e. The van der Waals surface area contributed by atoms with Gasteiger partial charge in [0.25, 0.3) is 0 Å². The van der Waals surface area contributed by atoms with Crippen molar-refractivity contribution in [1.82, 2.24) is 9.55 Å². The zero-order valence-corrected chi connectivity index (χ0v) is 24.5. The Balaban J connectivity index is 1.31. The highest BCUT2D eigenvalue weighted by molar-refractivity contribution is 7.05. The minimum absolute atomic E-state index is 0.425. The van der Waals surface area contributed by atoms with E-state index in [2.05, 4.69) is 138 Å². The van der Waals surface area contributed by atoms with Gasteiger partial charge in [0.05, 0.1) is 11.0 Å². The van der Waals surface area contributed by atoms with Gasteiger partial charge in [0.15, 0.2) is 0 Å². The molecule has 0 saturated carbocycles. The zero-order valence-electron chi connectivity index (χ0n) is 23.5. The molecule has 0 atom stereocenters. The van der Waals surface area contributed by atoms with E-state index in [1.165, 1.54) is 38.1 Å². The molecule has 0 N–H and O–H groups in total. The van der Waals surface area contributed by atoms with Crippen LogP contribution >= 0.6 is 0 Å². The van der Waals surface area contributed by atoms with Crippen LogP contribution in [-0.4, -0.2) is 17.6 Å². The maximum Gasteiger partial charge on any atom is 0.140 e. The van der Waals surface area contributed by atoms with Crippen LogP contribution in [0.25, 0.3) is 60.9 Å². The number of rotatable bonds is 3. The number of aromatic nitrogens is 2. The molecule has 3 heterocycles. The first kappa shape index (κ1) is 24.5. The second-order valence-electron chi connectivity index (χ2n) is 11.6. The van der Waals surface area contributed by atoms with Crippen LogP contribution in [0.15, 0.2) is 128 Å². The number of hydrogen-bond donors (Lipinski definition) is 0. The summed E-state index contributed by atoms with van der Waals surface area (Å²) in [5.74, 6) is 0. The van der Waals surface area contributed by atoms with Gasteiger partial charge in [-0.25, -0.2) is 4.98 Å². The molecule has 0 saturated heterocycles. The number of pyridine rings is 1. The molecule has 7 aromatic rings. The summed E-state index contributed by atoms with van der Waals surface area (Å²) in [4.78, 5) is 4.27. The summed E-state index contributed by atoms with van der Waals surface area (Å²) in [6.45, 7) is 5.00. The first-order valence-corrected chi connectivity index (χ1v) is 17.3. The standard InChI is InChI=1S/C38H27N3Si/c1-42(2)36-16-6-4-13-31(36)32-19-20-35-37(38(32)42)33-14-3-5-15-34(33)41(35)30-12-8-11-27(22-30)25-9-7-10-26(21-25)28-17-18-29(23-39)40-24-28/h3-22,24H,1-2H3. The van der Waals surface area contributed by atoms with Crippen molar-refractivity contribution in [3.8, 4) is 45.1 Å². The molecule has 3 nitrogen and oxygen atoms in total. The van der Waals surface area contributed by atoms with Gasteiger partial charge in [0, 0.05) is 28.2 Å². The molecule has 0 aliphatic carbocycles. The Kier molecular flexibility index (Phi) is 5.34. The van der Waals surface area contributed by atoms with Crippen LogP contribution < -0.4 is 10.4 Å². The van der Waals surface area contributed by atoms with E-state index in [9.17, 15) is 0 Å². The Morgan fingerprint density at radius 2 is 1.38 bits per heavy atom. The molecule has 1 aliphatic heterocycles. The predicted octanol–water partition coefficient (Wildman–Crippen LogP) is 8.19. The first-order chi connectivity index (χ1) is 20.5. The van der Waals surface area contributed by atoms with Crippen molar-refractivity contribution in [2.24, 2.45) is 0 Å². The van der Waals surface area contributed by atoms with Crippen LogP contribution in [0.2, 0.25) is 13.1 Å². The lowest BCUT2D eigenvalue weighted by Gasteiger charge is -2.20. The maximum absolute atomic E-state index is 9.13. The van der Waals surface area contributed by atoms with Crippen LogP contribution in [0.1, 0.15) is 5.69 Å². The minimum atomic E-state index is -1.90. The molecular weight excluding hydrogens is 527 g/mol. The van der Waals surface area contributed by atoms with E-state index in [1.807, 2.05) is 6.07 Å². The normalized spacial score (nSPS) is 13.2. The molecule has 0 spiro atoms. The molecule has 2 aromatic heterocycles. The Hall–Kier alpha value is -5.24. The third kappa shape index (κ3) is 3.54. The lowest BCUT2D eigenvalue weighted by Crippen LogP contribution is -2.49. The Morgan fingerprint density at radius 1 is 0.643 bits per heavy atom. The molecule has 1 aliphatic rings. The second-order valence-corrected chi connectivity index (χ2v) is 15.9. The van der Waals surface area contributed by atoms with Gasteiger partial charge in [-0.1, -0.05) is 92.0 Å². The molecule has 4 heteroatoms. The SMILES string of the molecule is C[Si]1(C)c2ccccc2-c2ccc3c(c21)c1ccccc1n3-c1cccc(-c2cccc(-c3ccc(C#N)nc3)c2)c1. The fourth-order valence-corrected chi connectivity index (χ4v) is 10.4. The van der Waals surface area contributed by atoms with Gasteiger partial charge < -0.3 is 4.57 Å². The average Bonchev–Trinajstić information content (AvgIpc) is 3.50. The van der Waals surface area contributed by atoms with Gasteiger partial charge in [0.2, 0.25) is 0 Å². The average molecular weight is 554 g/mol. The molecular formula is C38H27N3Si. The number of benzene rings is 5. The third-order valence-electron chi connectivity index (χ3n) is 8.87. The summed E-state index contributed by atoms with van der Waals surface area (Å²) in [6.07, 6.45) is 1.77. The quantitative estimate of drug-likeness (QED) is 0.207. The summed E-state index contributed by atoms with van der Waals surface area (Å²) in [5.41, 5.74) is 11.3. The fraction of sp³-hybridized carbons (Fsp3) is 0.0526. The minimum Gasteiger partial charge on any atom is -0.309 e. The van der Waals surface area contributed by atoms with Crippen LogP contribution in [0.4, 0.5) is 0 Å². The van der Waals surface area contributed by atoms with Gasteiger partial charge in [-0.15, -0.1) is 0 Å². The number of para-hydroxylation sites is 1. The summed E-state index contributed by atoms with van der Waals surface area (Å²) < 4.78 is 2.44. The van der Waals surface area contributed by atoms with Crippen molar-refractivity contribution in [2.75, 3.05) is 0 Å². The van der Waals surface area contributed by atoms with Crippen LogP contribution in [0, 0.1) is 11.3 Å². The van der Waals surface area contributed by atoms with E-state index < -0.39 is 8.07 Å². The van der Waals surface area contributed by atoms with Crippen molar-refractivity contribution in [2.45, 2.75) is 13.1 Å². The summed E-state index contributed by atoms with van der Waals surface area (Å²) in [5, 5.41) is 14.9. The molecule has 0 amide bonds. The summed E-state index contributed by atoms with van der Waals surface area (Å²) in [6, 6.07) is 45.8. The molecule has 198 valence electrons. The van der Waals surface area contributed by atoms with Crippen LogP contribution in [-0.2, 0) is 0 Å². The van der Waals surface area contributed by atoms with Crippen LogP contribution in [0.3, 0.4) is 0 Å². The number of fused-ring (bicyclic) bond motifs is 7. The van der Waals surface area contributed by atoms with Crippen molar-refractivity contribution in [1.29, 1.82) is 5.26 Å². The van der Waals surface area contributed by atoms with Crippen molar-refractivity contribution < 1.29 is 0 Å². The molecule has 0 unspecified atom stereocenters. The van der Waals surface area contributed by atoms with E-state index in [0.29, 0.717) is 5.69 Å². The monoisotopic (exact) mass is 553 g/mol. The lowest BCUT2D eigenvalue weighted by atomic mass is 9.99. The van der Waals surface area contributed by atoms with E-state index in [1.54, 1.807) is 17.4 Å². The van der Waals surface area contributed by atoms with Crippen molar-refractivity contribution in [3.63, 3.8) is 0 Å². The highest BCUT2D eigenvalue weighted by Gasteiger charge is 2.39. The van der Waals surface area contributed by atoms with Gasteiger partial charge >= 0.3 is 0 Å². The molecule has 8 rings (SSSR count). The fourth-order valence-electron chi connectivity index (χ4n) is 6.94. The van der Waals surface area contributed by atoms with Gasteiger partial charge in [-0.2, -0.15) is 5.26 Å². The predicted molar refractivity (Wildman–Crippen MR) is 176 cm³/mol. The topological polar surface area (TPSA) is 41.6 Å². The van der Waals surface area contributed by atoms with Crippen molar-refractivity contribution in [3.05, 3.63) is 133 Å². The van der Waals surface area contributed by atoms with Gasteiger partial charge in [-0.05, 0) is 80.7 Å². The Bertz CT molecular complexity index is 2230. The highest BCUT2D eigenvalue weighted by atomic mass is 28.3. The zero-order chi connectivity index (χ0) is 28.4. The molecule has 0 bridgehead atoms. The van der Waals surface area contributed by atoms with Crippen molar-refractivity contribution >= 4 is 40.3 Å². The van der Waals surface area contributed by atoms with E-state index in [4.69, 9.17) is 5.26 Å².